The number of fused-ring (bicyclic) bond motifs is 5. The van der Waals surface area contributed by atoms with Crippen molar-refractivity contribution >= 4 is 28.3 Å². The lowest BCUT2D eigenvalue weighted by Gasteiger charge is -2.54. The molecule has 3 N–H and O–H groups in total. The maximum absolute atomic E-state index is 10.2. The number of benzene rings is 1. The van der Waals surface area contributed by atoms with Gasteiger partial charge in [-0.15, -0.1) is 28.3 Å². The first-order chi connectivity index (χ1) is 14.1. The van der Waals surface area contributed by atoms with Gasteiger partial charge in [0.05, 0.1) is 0 Å². The quantitative estimate of drug-likeness (QED) is 0.443. The third-order valence-corrected chi connectivity index (χ3v) is 10.2. The molecular formula is C25H30BrNO2S. The molecule has 4 bridgehead atoms. The molecule has 5 heteroatoms. The van der Waals surface area contributed by atoms with Crippen LogP contribution in [0.4, 0.5) is 0 Å². The van der Waals surface area contributed by atoms with Gasteiger partial charge in [0.15, 0.2) is 11.5 Å². The van der Waals surface area contributed by atoms with Crippen LogP contribution in [0.25, 0.3) is 0 Å². The Bertz CT molecular complexity index is 973. The smallest absolute Gasteiger partial charge is 0.157 e. The molecule has 2 atom stereocenters. The summed E-state index contributed by atoms with van der Waals surface area (Å²) < 4.78 is 0. The Morgan fingerprint density at radius 2 is 1.57 bits per heavy atom. The molecule has 0 saturated heterocycles. The van der Waals surface area contributed by atoms with Gasteiger partial charge in [-0.2, -0.15) is 0 Å². The van der Waals surface area contributed by atoms with Crippen molar-refractivity contribution in [2.75, 3.05) is 0 Å². The molecule has 6 aliphatic rings. The lowest BCUT2D eigenvalue weighted by atomic mass is 9.51. The summed E-state index contributed by atoms with van der Waals surface area (Å²) in [4.78, 5) is 3.16. The normalized spacial score (nSPS) is 37.8. The predicted molar refractivity (Wildman–Crippen MR) is 125 cm³/mol. The molecule has 0 spiro atoms. The number of aryl methyl sites for hydroxylation is 1. The Kier molecular flexibility index (Phi) is 4.57. The second kappa shape index (κ2) is 6.98. The molecule has 1 aliphatic heterocycles. The van der Waals surface area contributed by atoms with E-state index in [0.29, 0.717) is 12.0 Å². The van der Waals surface area contributed by atoms with Crippen LogP contribution in [0, 0.1) is 23.7 Å². The second-order valence-corrected chi connectivity index (χ2v) is 11.7. The topological polar surface area (TPSA) is 52.5 Å². The van der Waals surface area contributed by atoms with Gasteiger partial charge in [0.2, 0.25) is 0 Å². The summed E-state index contributed by atoms with van der Waals surface area (Å²) in [6, 6.07) is 6.64. The van der Waals surface area contributed by atoms with Crippen LogP contribution in [-0.2, 0) is 13.0 Å². The third kappa shape index (κ3) is 2.77. The van der Waals surface area contributed by atoms with Crippen LogP contribution in [0.5, 0.6) is 11.5 Å². The van der Waals surface area contributed by atoms with E-state index in [2.05, 4.69) is 22.7 Å². The summed E-state index contributed by atoms with van der Waals surface area (Å²) in [6.45, 7) is 0.994. The zero-order valence-electron chi connectivity index (χ0n) is 17.1. The van der Waals surface area contributed by atoms with Crippen molar-refractivity contribution in [1.82, 2.24) is 5.32 Å². The van der Waals surface area contributed by atoms with Gasteiger partial charge in [-0.05, 0) is 109 Å². The summed E-state index contributed by atoms with van der Waals surface area (Å²) in [5, 5.41) is 24.0. The minimum atomic E-state index is 0. The van der Waals surface area contributed by atoms with Gasteiger partial charge in [-0.25, -0.2) is 0 Å². The fourth-order valence-electron chi connectivity index (χ4n) is 8.08. The van der Waals surface area contributed by atoms with Crippen LogP contribution in [0.15, 0.2) is 18.2 Å². The van der Waals surface area contributed by atoms with Crippen molar-refractivity contribution < 1.29 is 10.2 Å². The van der Waals surface area contributed by atoms with Gasteiger partial charge in [0, 0.05) is 28.3 Å². The van der Waals surface area contributed by atoms with E-state index in [4.69, 9.17) is 0 Å². The number of halogens is 1. The Labute approximate surface area is 192 Å². The molecule has 1 aromatic heterocycles. The summed E-state index contributed by atoms with van der Waals surface area (Å²) >= 11 is 2.08. The molecule has 0 radical (unpaired) electrons. The molecule has 5 aliphatic carbocycles. The Morgan fingerprint density at radius 1 is 0.867 bits per heavy atom. The molecule has 8 rings (SSSR count). The summed E-state index contributed by atoms with van der Waals surface area (Å²) in [6.07, 6.45) is 9.48. The standard InChI is InChI=1S/C25H29NO2S.BrH/c27-20-8-14-1-2-19-25(17(14)9-21(20)28)18-10-22(29-23(18)11-26-19)24-15-4-12-3-13(6-15)7-16(24)5-12;/h8-10,12-13,15-16,19,24-28H,1-7,11H2;1H. The number of hydrogen-bond acceptors (Lipinski definition) is 4. The number of hydrogen-bond donors (Lipinski definition) is 3. The minimum Gasteiger partial charge on any atom is -0.504 e. The summed E-state index contributed by atoms with van der Waals surface area (Å²) in [5.41, 5.74) is 3.94. The lowest BCUT2D eigenvalue weighted by molar-refractivity contribution is -0.00162. The van der Waals surface area contributed by atoms with Gasteiger partial charge < -0.3 is 15.5 Å². The fraction of sp³-hybridized carbons (Fsp3) is 0.600. The number of aromatic hydroxyl groups is 2. The van der Waals surface area contributed by atoms with Crippen LogP contribution in [0.2, 0.25) is 0 Å². The van der Waals surface area contributed by atoms with E-state index in [9.17, 15) is 10.2 Å². The van der Waals surface area contributed by atoms with Crippen molar-refractivity contribution in [3.05, 3.63) is 44.6 Å². The van der Waals surface area contributed by atoms with E-state index in [1.165, 1.54) is 53.7 Å². The van der Waals surface area contributed by atoms with Crippen LogP contribution < -0.4 is 5.32 Å². The molecule has 3 nitrogen and oxygen atoms in total. The number of nitrogens with one attached hydrogen (secondary N) is 1. The number of phenolic OH excluding ortho intramolecular Hbond substituents is 2. The lowest BCUT2D eigenvalue weighted by Crippen LogP contribution is -2.43. The van der Waals surface area contributed by atoms with Gasteiger partial charge in [-0.1, -0.05) is 0 Å². The Morgan fingerprint density at radius 3 is 2.30 bits per heavy atom. The fourth-order valence-corrected chi connectivity index (χ4v) is 9.54. The maximum atomic E-state index is 10.2. The van der Waals surface area contributed by atoms with Crippen LogP contribution >= 0.6 is 28.3 Å². The highest BCUT2D eigenvalue weighted by molar-refractivity contribution is 8.93. The van der Waals surface area contributed by atoms with Crippen molar-refractivity contribution in [3.8, 4) is 11.5 Å². The summed E-state index contributed by atoms with van der Waals surface area (Å²) in [5.74, 6) is 5.05. The zero-order valence-corrected chi connectivity index (χ0v) is 19.7. The van der Waals surface area contributed by atoms with Crippen molar-refractivity contribution in [1.29, 1.82) is 0 Å². The predicted octanol–water partition coefficient (Wildman–Crippen LogP) is 5.83. The van der Waals surface area contributed by atoms with E-state index in [0.717, 1.165) is 49.0 Å². The molecular weight excluding hydrogens is 458 g/mol. The highest BCUT2D eigenvalue weighted by atomic mass is 79.9. The number of rotatable bonds is 1. The molecule has 30 heavy (non-hydrogen) atoms. The van der Waals surface area contributed by atoms with Gasteiger partial charge in [0.25, 0.3) is 0 Å². The maximum Gasteiger partial charge on any atom is 0.157 e. The molecule has 0 amide bonds. The number of phenols is 2. The van der Waals surface area contributed by atoms with E-state index < -0.39 is 0 Å². The largest absolute Gasteiger partial charge is 0.504 e. The van der Waals surface area contributed by atoms with Gasteiger partial charge >= 0.3 is 0 Å². The average Bonchev–Trinajstić information content (AvgIpc) is 3.12. The second-order valence-electron chi connectivity index (χ2n) is 10.5. The first kappa shape index (κ1) is 19.6. The van der Waals surface area contributed by atoms with E-state index in [1.807, 2.05) is 6.07 Å². The van der Waals surface area contributed by atoms with Crippen LogP contribution in [-0.4, -0.2) is 16.3 Å². The first-order valence-corrected chi connectivity index (χ1v) is 12.4. The Hall–Kier alpha value is -1.04. The van der Waals surface area contributed by atoms with Gasteiger partial charge in [-0.3, -0.25) is 0 Å². The van der Waals surface area contributed by atoms with Crippen molar-refractivity contribution in [2.45, 2.75) is 69.4 Å². The highest BCUT2D eigenvalue weighted by Gasteiger charge is 2.49. The van der Waals surface area contributed by atoms with E-state index in [1.54, 1.807) is 10.9 Å². The Balaban J connectivity index is 0.00000175. The molecule has 160 valence electrons. The van der Waals surface area contributed by atoms with Crippen LogP contribution in [0.1, 0.15) is 76.8 Å². The number of thiophene rings is 1. The van der Waals surface area contributed by atoms with E-state index in [-0.39, 0.29) is 28.5 Å². The monoisotopic (exact) mass is 487 g/mol. The van der Waals surface area contributed by atoms with Gasteiger partial charge in [0.1, 0.15) is 0 Å². The third-order valence-electron chi connectivity index (χ3n) is 8.97. The highest BCUT2D eigenvalue weighted by Crippen LogP contribution is 2.61. The molecule has 1 aromatic carbocycles. The molecule has 2 aromatic rings. The molecule has 2 heterocycles. The first-order valence-electron chi connectivity index (χ1n) is 11.5. The molecule has 4 saturated carbocycles. The minimum absolute atomic E-state index is 0. The van der Waals surface area contributed by atoms with Crippen molar-refractivity contribution in [2.24, 2.45) is 23.7 Å². The summed E-state index contributed by atoms with van der Waals surface area (Å²) in [7, 11) is 0. The van der Waals surface area contributed by atoms with Crippen molar-refractivity contribution in [3.63, 3.8) is 0 Å². The molecule has 2 unspecified atom stereocenters. The van der Waals surface area contributed by atoms with Crippen LogP contribution in [0.3, 0.4) is 0 Å². The average molecular weight is 488 g/mol. The molecule has 4 fully saturated rings. The SMILES string of the molecule is Br.Oc1cc2c(cc1O)C1c3cc(C4C5CC6CC(C5)CC4C6)sc3CNC1CC2. The zero-order chi connectivity index (χ0) is 19.3. The van der Waals surface area contributed by atoms with E-state index >= 15 is 0 Å².